The van der Waals surface area contributed by atoms with Crippen LogP contribution in [0.2, 0.25) is 0 Å². The minimum atomic E-state index is -0.654. The minimum absolute atomic E-state index is 0.191. The average Bonchev–Trinajstić information content (AvgIpc) is 3.27. The molecule has 1 amide bonds. The molecule has 2 atom stereocenters. The number of hydrogen-bond acceptors (Lipinski definition) is 5. The van der Waals surface area contributed by atoms with Crippen LogP contribution in [0.15, 0.2) is 48.9 Å². The number of ether oxygens (including phenoxy) is 1. The number of aromatic nitrogens is 3. The molecule has 1 fully saturated rings. The highest BCUT2D eigenvalue weighted by Crippen LogP contribution is 2.18. The summed E-state index contributed by atoms with van der Waals surface area (Å²) in [5.74, 6) is 0.501. The van der Waals surface area contributed by atoms with Crippen LogP contribution in [0.1, 0.15) is 10.4 Å². The Balaban J connectivity index is 1.58. The normalized spacial score (nSPS) is 20.1. The van der Waals surface area contributed by atoms with Crippen molar-refractivity contribution in [2.75, 3.05) is 20.3 Å². The zero-order valence-corrected chi connectivity index (χ0v) is 13.7. The largest absolute Gasteiger partial charge is 0.388 e. The number of rotatable bonds is 3. The first-order valence-corrected chi connectivity index (χ1v) is 8.06. The summed E-state index contributed by atoms with van der Waals surface area (Å²) in [5.41, 5.74) is 2.31. The van der Waals surface area contributed by atoms with Gasteiger partial charge in [-0.3, -0.25) is 9.36 Å². The third-order valence-corrected chi connectivity index (χ3v) is 4.53. The molecule has 1 aromatic carbocycles. The van der Waals surface area contributed by atoms with Crippen LogP contribution < -0.4 is 0 Å². The topological polar surface area (TPSA) is 80.5 Å². The molecule has 0 saturated carbocycles. The second-order valence-electron chi connectivity index (χ2n) is 6.10. The van der Waals surface area contributed by atoms with Gasteiger partial charge in [-0.15, -0.1) is 0 Å². The van der Waals surface area contributed by atoms with Crippen LogP contribution >= 0.6 is 0 Å². The fourth-order valence-electron chi connectivity index (χ4n) is 3.05. The van der Waals surface area contributed by atoms with Gasteiger partial charge in [-0.2, -0.15) is 0 Å². The van der Waals surface area contributed by atoms with Crippen LogP contribution in [0.5, 0.6) is 0 Å². The Hall–Kier alpha value is -2.77. The molecule has 7 heteroatoms. The van der Waals surface area contributed by atoms with Crippen molar-refractivity contribution in [2.24, 2.45) is 0 Å². The predicted octanol–water partition coefficient (Wildman–Crippen LogP) is 1.25. The molecule has 0 aliphatic carbocycles. The van der Waals surface area contributed by atoms with Gasteiger partial charge in [0.25, 0.3) is 5.91 Å². The van der Waals surface area contributed by atoms with Gasteiger partial charge < -0.3 is 14.7 Å². The number of carbonyl (C=O) groups is 1. The summed E-state index contributed by atoms with van der Waals surface area (Å²) >= 11 is 0. The molecular formula is C18H18N4O3. The number of benzene rings is 1. The van der Waals surface area contributed by atoms with Gasteiger partial charge in [-0.25, -0.2) is 9.97 Å². The molecule has 0 unspecified atom stereocenters. The molecule has 25 heavy (non-hydrogen) atoms. The van der Waals surface area contributed by atoms with Crippen LogP contribution in [0.25, 0.3) is 16.9 Å². The quantitative estimate of drug-likeness (QED) is 0.777. The molecule has 7 nitrogen and oxygen atoms in total. The first-order valence-electron chi connectivity index (χ1n) is 8.06. The Morgan fingerprint density at radius 2 is 2.08 bits per heavy atom. The minimum Gasteiger partial charge on any atom is -0.388 e. The van der Waals surface area contributed by atoms with E-state index in [9.17, 15) is 9.90 Å². The van der Waals surface area contributed by atoms with Crippen molar-refractivity contribution < 1.29 is 14.6 Å². The van der Waals surface area contributed by atoms with Crippen LogP contribution in [-0.2, 0) is 4.74 Å². The van der Waals surface area contributed by atoms with E-state index in [1.54, 1.807) is 31.7 Å². The van der Waals surface area contributed by atoms with Crippen molar-refractivity contribution in [1.82, 2.24) is 19.4 Å². The zero-order valence-electron chi connectivity index (χ0n) is 13.7. The summed E-state index contributed by atoms with van der Waals surface area (Å²) < 4.78 is 7.09. The molecule has 4 rings (SSSR count). The Morgan fingerprint density at radius 1 is 1.24 bits per heavy atom. The number of carbonyl (C=O) groups excluding carboxylic acids is 1. The number of para-hydroxylation sites is 2. The van der Waals surface area contributed by atoms with Crippen molar-refractivity contribution in [2.45, 2.75) is 12.1 Å². The van der Waals surface area contributed by atoms with E-state index in [0.717, 1.165) is 11.0 Å². The maximum absolute atomic E-state index is 12.6. The zero-order chi connectivity index (χ0) is 17.4. The maximum Gasteiger partial charge on any atom is 0.255 e. The van der Waals surface area contributed by atoms with Gasteiger partial charge in [0.2, 0.25) is 0 Å². The van der Waals surface area contributed by atoms with E-state index in [0.29, 0.717) is 18.0 Å². The number of pyridine rings is 1. The number of likely N-dealkylation sites (N-methyl/N-ethyl adjacent to an activating group) is 1. The molecule has 1 aliphatic heterocycles. The van der Waals surface area contributed by atoms with Crippen LogP contribution in [0.3, 0.4) is 0 Å². The van der Waals surface area contributed by atoms with E-state index in [4.69, 9.17) is 4.74 Å². The number of aliphatic hydroxyl groups is 1. The summed E-state index contributed by atoms with van der Waals surface area (Å²) in [7, 11) is 1.67. The Morgan fingerprint density at radius 3 is 2.80 bits per heavy atom. The van der Waals surface area contributed by atoms with Crippen molar-refractivity contribution in [3.8, 4) is 5.82 Å². The van der Waals surface area contributed by atoms with E-state index in [-0.39, 0.29) is 18.6 Å². The summed E-state index contributed by atoms with van der Waals surface area (Å²) in [6.45, 7) is 0.600. The molecule has 2 aromatic heterocycles. The molecule has 1 saturated heterocycles. The second kappa shape index (κ2) is 6.27. The molecule has 1 N–H and O–H groups in total. The summed E-state index contributed by atoms with van der Waals surface area (Å²) in [6.07, 6.45) is 2.61. The van der Waals surface area contributed by atoms with Crippen molar-refractivity contribution in [3.63, 3.8) is 0 Å². The molecule has 0 spiro atoms. The van der Waals surface area contributed by atoms with E-state index in [1.165, 1.54) is 4.90 Å². The Kier molecular flexibility index (Phi) is 3.95. The van der Waals surface area contributed by atoms with Crippen molar-refractivity contribution >= 4 is 16.9 Å². The molecule has 3 aromatic rings. The molecule has 0 radical (unpaired) electrons. The summed E-state index contributed by atoms with van der Waals surface area (Å²) in [5, 5.41) is 9.88. The smallest absolute Gasteiger partial charge is 0.255 e. The molecule has 3 heterocycles. The number of amides is 1. The van der Waals surface area contributed by atoms with Crippen molar-refractivity contribution in [3.05, 3.63) is 54.5 Å². The third-order valence-electron chi connectivity index (χ3n) is 4.53. The lowest BCUT2D eigenvalue weighted by atomic mass is 10.1. The van der Waals surface area contributed by atoms with Gasteiger partial charge in [0.05, 0.1) is 42.0 Å². The summed E-state index contributed by atoms with van der Waals surface area (Å²) in [6, 6.07) is 11.0. The highest BCUT2D eigenvalue weighted by Gasteiger charge is 2.32. The van der Waals surface area contributed by atoms with E-state index < -0.39 is 6.10 Å². The number of fused-ring (bicyclic) bond motifs is 1. The first kappa shape index (κ1) is 15.7. The lowest BCUT2D eigenvalue weighted by molar-refractivity contribution is 0.0581. The molecule has 0 bridgehead atoms. The number of nitrogens with zero attached hydrogens (tertiary/aromatic N) is 4. The fraction of sp³-hybridized carbons (Fsp3) is 0.278. The van der Waals surface area contributed by atoms with Gasteiger partial charge in [0, 0.05) is 13.2 Å². The maximum atomic E-state index is 12.6. The first-order chi connectivity index (χ1) is 12.1. The van der Waals surface area contributed by atoms with Crippen LogP contribution in [0.4, 0.5) is 0 Å². The van der Waals surface area contributed by atoms with Gasteiger partial charge in [0.1, 0.15) is 12.1 Å². The monoisotopic (exact) mass is 338 g/mol. The highest BCUT2D eigenvalue weighted by molar-refractivity contribution is 5.94. The van der Waals surface area contributed by atoms with Gasteiger partial charge in [-0.1, -0.05) is 12.1 Å². The lowest BCUT2D eigenvalue weighted by Gasteiger charge is -2.25. The number of imidazole rings is 1. The number of hydrogen-bond donors (Lipinski definition) is 1. The van der Waals surface area contributed by atoms with Gasteiger partial charge in [-0.05, 0) is 24.3 Å². The third kappa shape index (κ3) is 2.77. The van der Waals surface area contributed by atoms with Crippen LogP contribution in [0, 0.1) is 0 Å². The van der Waals surface area contributed by atoms with Crippen LogP contribution in [-0.4, -0.2) is 62.9 Å². The lowest BCUT2D eigenvalue weighted by Crippen LogP contribution is -2.44. The fourth-order valence-corrected chi connectivity index (χ4v) is 3.05. The highest BCUT2D eigenvalue weighted by atomic mass is 16.5. The Bertz CT molecular complexity index is 906. The second-order valence-corrected chi connectivity index (χ2v) is 6.10. The van der Waals surface area contributed by atoms with Crippen molar-refractivity contribution in [1.29, 1.82) is 0 Å². The SMILES string of the molecule is CN(C(=O)c1ccc(-n2cnc3ccccc32)nc1)[C@@H]1COC[C@H]1O. The predicted molar refractivity (Wildman–Crippen MR) is 91.6 cm³/mol. The van der Waals surface area contributed by atoms with Gasteiger partial charge >= 0.3 is 0 Å². The molecule has 128 valence electrons. The molecule has 1 aliphatic rings. The standard InChI is InChI=1S/C18H18N4O3/c1-21(15-9-25-10-16(15)23)18(24)12-6-7-17(19-8-12)22-11-20-13-4-2-3-5-14(13)22/h2-8,11,15-16,23H,9-10H2,1H3/t15-,16-/m1/s1. The van der Waals surface area contributed by atoms with E-state index >= 15 is 0 Å². The average molecular weight is 338 g/mol. The Labute approximate surface area is 144 Å². The van der Waals surface area contributed by atoms with Gasteiger partial charge in [0.15, 0.2) is 0 Å². The summed E-state index contributed by atoms with van der Waals surface area (Å²) in [4.78, 5) is 22.9. The molecular weight excluding hydrogens is 320 g/mol. The van der Waals surface area contributed by atoms with E-state index in [1.807, 2.05) is 28.8 Å². The number of aliphatic hydroxyl groups excluding tert-OH is 1. The van der Waals surface area contributed by atoms with E-state index in [2.05, 4.69) is 9.97 Å².